The molecule has 0 aliphatic carbocycles. The third-order valence-electron chi connectivity index (χ3n) is 3.51. The molecule has 0 N–H and O–H groups in total. The standard InChI is InChI=1S/C15H18N2O4/c1-16-9-14(19)17(15(16)20)7-3-4-12-6-5-11(10-18)8-13(12)21-2/h5-6,8,10H,3-4,7,9H2,1-2H3. The fraction of sp³-hybridized carbons (Fsp3) is 0.400. The Morgan fingerprint density at radius 3 is 2.67 bits per heavy atom. The number of benzene rings is 1. The summed E-state index contributed by atoms with van der Waals surface area (Å²) in [5.41, 5.74) is 1.51. The molecule has 0 radical (unpaired) electrons. The van der Waals surface area contributed by atoms with Crippen LogP contribution in [0.2, 0.25) is 0 Å². The van der Waals surface area contributed by atoms with Crippen LogP contribution in [-0.2, 0) is 11.2 Å². The number of urea groups is 1. The van der Waals surface area contributed by atoms with Crippen LogP contribution in [0.25, 0.3) is 0 Å². The number of nitrogens with zero attached hydrogens (tertiary/aromatic N) is 2. The van der Waals surface area contributed by atoms with E-state index in [0.717, 1.165) is 11.8 Å². The van der Waals surface area contributed by atoms with E-state index in [-0.39, 0.29) is 18.5 Å². The zero-order valence-electron chi connectivity index (χ0n) is 12.2. The molecule has 0 bridgehead atoms. The molecule has 0 atom stereocenters. The molecule has 1 aromatic rings. The summed E-state index contributed by atoms with van der Waals surface area (Å²) in [7, 11) is 3.16. The summed E-state index contributed by atoms with van der Waals surface area (Å²) in [4.78, 5) is 36.8. The van der Waals surface area contributed by atoms with Crippen LogP contribution in [0.4, 0.5) is 4.79 Å². The number of hydrogen-bond donors (Lipinski definition) is 0. The van der Waals surface area contributed by atoms with Gasteiger partial charge in [0.05, 0.1) is 7.11 Å². The van der Waals surface area contributed by atoms with Gasteiger partial charge in [-0.05, 0) is 24.5 Å². The largest absolute Gasteiger partial charge is 0.496 e. The molecule has 112 valence electrons. The second-order valence-corrected chi connectivity index (χ2v) is 4.98. The van der Waals surface area contributed by atoms with Crippen molar-refractivity contribution >= 4 is 18.2 Å². The Kier molecular flexibility index (Phi) is 4.57. The van der Waals surface area contributed by atoms with Crippen LogP contribution in [0.5, 0.6) is 5.75 Å². The lowest BCUT2D eigenvalue weighted by Crippen LogP contribution is -2.32. The van der Waals surface area contributed by atoms with Crippen LogP contribution >= 0.6 is 0 Å². The van der Waals surface area contributed by atoms with Crippen LogP contribution in [0.1, 0.15) is 22.3 Å². The van der Waals surface area contributed by atoms with Gasteiger partial charge in [0, 0.05) is 19.2 Å². The number of aryl methyl sites for hydroxylation is 1. The fourth-order valence-electron chi connectivity index (χ4n) is 2.36. The lowest BCUT2D eigenvalue weighted by atomic mass is 10.1. The Morgan fingerprint density at radius 2 is 2.10 bits per heavy atom. The molecule has 6 heteroatoms. The minimum absolute atomic E-state index is 0.149. The molecule has 1 aliphatic heterocycles. The molecule has 1 heterocycles. The first-order chi connectivity index (χ1) is 10.1. The van der Waals surface area contributed by atoms with Gasteiger partial charge in [-0.2, -0.15) is 0 Å². The van der Waals surface area contributed by atoms with Crippen LogP contribution < -0.4 is 4.74 Å². The summed E-state index contributed by atoms with van der Waals surface area (Å²) in [6.07, 6.45) is 2.09. The number of imide groups is 1. The Hall–Kier alpha value is -2.37. The summed E-state index contributed by atoms with van der Waals surface area (Å²) < 4.78 is 5.26. The van der Waals surface area contributed by atoms with Crippen molar-refractivity contribution in [2.45, 2.75) is 12.8 Å². The minimum Gasteiger partial charge on any atom is -0.496 e. The lowest BCUT2D eigenvalue weighted by Gasteiger charge is -2.14. The van der Waals surface area contributed by atoms with E-state index in [1.54, 1.807) is 26.3 Å². The van der Waals surface area contributed by atoms with Crippen LogP contribution in [0.3, 0.4) is 0 Å². The maximum Gasteiger partial charge on any atom is 0.326 e. The highest BCUT2D eigenvalue weighted by Crippen LogP contribution is 2.21. The van der Waals surface area contributed by atoms with Gasteiger partial charge in [0.25, 0.3) is 0 Å². The summed E-state index contributed by atoms with van der Waals surface area (Å²) >= 11 is 0. The van der Waals surface area contributed by atoms with E-state index in [1.807, 2.05) is 6.07 Å². The molecule has 21 heavy (non-hydrogen) atoms. The van der Waals surface area contributed by atoms with Crippen molar-refractivity contribution < 1.29 is 19.1 Å². The van der Waals surface area contributed by atoms with Crippen molar-refractivity contribution in [3.8, 4) is 5.75 Å². The summed E-state index contributed by atoms with van der Waals surface area (Å²) in [5, 5.41) is 0. The molecule has 6 nitrogen and oxygen atoms in total. The Bertz CT molecular complexity index is 571. The summed E-state index contributed by atoms with van der Waals surface area (Å²) in [6.45, 7) is 0.538. The lowest BCUT2D eigenvalue weighted by molar-refractivity contribution is -0.125. The predicted octanol–water partition coefficient (Wildman–Crippen LogP) is 1.33. The highest BCUT2D eigenvalue weighted by Gasteiger charge is 2.32. The van der Waals surface area contributed by atoms with E-state index in [2.05, 4.69) is 0 Å². The number of ether oxygens (including phenoxy) is 1. The molecule has 3 amide bonds. The molecule has 0 aromatic heterocycles. The number of likely N-dealkylation sites (N-methyl/N-ethyl adjacent to an activating group) is 1. The number of hydrogen-bond acceptors (Lipinski definition) is 4. The van der Waals surface area contributed by atoms with Gasteiger partial charge >= 0.3 is 6.03 Å². The van der Waals surface area contributed by atoms with Crippen molar-refractivity contribution in [3.05, 3.63) is 29.3 Å². The second-order valence-electron chi connectivity index (χ2n) is 4.98. The molecular formula is C15H18N2O4. The van der Waals surface area contributed by atoms with Gasteiger partial charge in [0.2, 0.25) is 5.91 Å². The van der Waals surface area contributed by atoms with Crippen LogP contribution in [0, 0.1) is 0 Å². The Labute approximate surface area is 123 Å². The highest BCUT2D eigenvalue weighted by molar-refractivity contribution is 6.01. The average molecular weight is 290 g/mol. The van der Waals surface area contributed by atoms with Crippen molar-refractivity contribution in [3.63, 3.8) is 0 Å². The van der Waals surface area contributed by atoms with Gasteiger partial charge in [-0.3, -0.25) is 14.5 Å². The number of carbonyl (C=O) groups is 3. The quantitative estimate of drug-likeness (QED) is 0.585. The SMILES string of the molecule is COc1cc(C=O)ccc1CCCN1C(=O)CN(C)C1=O. The molecule has 1 aromatic carbocycles. The van der Waals surface area contributed by atoms with E-state index in [4.69, 9.17) is 4.74 Å². The zero-order chi connectivity index (χ0) is 15.4. The molecule has 1 fully saturated rings. The Balaban J connectivity index is 1.96. The van der Waals surface area contributed by atoms with Gasteiger partial charge < -0.3 is 9.64 Å². The third kappa shape index (κ3) is 3.21. The van der Waals surface area contributed by atoms with E-state index in [1.165, 1.54) is 9.80 Å². The first kappa shape index (κ1) is 15.0. The van der Waals surface area contributed by atoms with E-state index >= 15 is 0 Å². The maximum atomic E-state index is 11.7. The number of aldehydes is 1. The number of carbonyl (C=O) groups excluding carboxylic acids is 3. The van der Waals surface area contributed by atoms with Crippen LogP contribution in [0.15, 0.2) is 18.2 Å². The first-order valence-electron chi connectivity index (χ1n) is 6.74. The summed E-state index contributed by atoms with van der Waals surface area (Å²) in [5.74, 6) is 0.488. The summed E-state index contributed by atoms with van der Waals surface area (Å²) in [6, 6.07) is 5.00. The Morgan fingerprint density at radius 1 is 1.33 bits per heavy atom. The van der Waals surface area contributed by atoms with E-state index in [0.29, 0.717) is 30.7 Å². The van der Waals surface area contributed by atoms with Crippen LogP contribution in [-0.4, -0.2) is 55.3 Å². The fourth-order valence-corrected chi connectivity index (χ4v) is 2.36. The molecule has 0 saturated carbocycles. The highest BCUT2D eigenvalue weighted by atomic mass is 16.5. The molecule has 1 aliphatic rings. The molecule has 1 saturated heterocycles. The third-order valence-corrected chi connectivity index (χ3v) is 3.51. The average Bonchev–Trinajstić information content (AvgIpc) is 2.73. The topological polar surface area (TPSA) is 66.9 Å². The van der Waals surface area contributed by atoms with Gasteiger partial charge in [0.1, 0.15) is 18.6 Å². The van der Waals surface area contributed by atoms with Crippen molar-refractivity contribution in [1.29, 1.82) is 0 Å². The first-order valence-corrected chi connectivity index (χ1v) is 6.74. The zero-order valence-corrected chi connectivity index (χ0v) is 12.2. The van der Waals surface area contributed by atoms with Crippen molar-refractivity contribution in [2.24, 2.45) is 0 Å². The minimum atomic E-state index is -0.247. The van der Waals surface area contributed by atoms with Gasteiger partial charge in [-0.25, -0.2) is 4.79 Å². The monoisotopic (exact) mass is 290 g/mol. The number of rotatable bonds is 6. The maximum absolute atomic E-state index is 11.7. The van der Waals surface area contributed by atoms with E-state index < -0.39 is 0 Å². The molecular weight excluding hydrogens is 272 g/mol. The smallest absolute Gasteiger partial charge is 0.326 e. The number of methoxy groups -OCH3 is 1. The molecule has 2 rings (SSSR count). The van der Waals surface area contributed by atoms with Crippen molar-refractivity contribution in [1.82, 2.24) is 9.80 Å². The number of amides is 3. The van der Waals surface area contributed by atoms with E-state index in [9.17, 15) is 14.4 Å². The van der Waals surface area contributed by atoms with Gasteiger partial charge in [0.15, 0.2) is 0 Å². The predicted molar refractivity (Wildman–Crippen MR) is 76.4 cm³/mol. The van der Waals surface area contributed by atoms with Gasteiger partial charge in [-0.1, -0.05) is 12.1 Å². The normalized spacial score (nSPS) is 14.8. The second kappa shape index (κ2) is 6.39. The molecule has 0 unspecified atom stereocenters. The molecule has 0 spiro atoms. The van der Waals surface area contributed by atoms with Crippen molar-refractivity contribution in [2.75, 3.05) is 27.2 Å². The van der Waals surface area contributed by atoms with Gasteiger partial charge in [-0.15, -0.1) is 0 Å².